The van der Waals surface area contributed by atoms with Crippen LogP contribution in [0.25, 0.3) is 5.57 Å². The van der Waals surface area contributed by atoms with Crippen LogP contribution in [0.15, 0.2) is 66.6 Å². The first-order valence-electron chi connectivity index (χ1n) is 10.5. The van der Waals surface area contributed by atoms with Crippen LogP contribution in [0.2, 0.25) is 0 Å². The second kappa shape index (κ2) is 9.16. The maximum absolute atomic E-state index is 13.5. The maximum Gasteiger partial charge on any atom is 0.278 e. The molecule has 0 aliphatic carbocycles. The molecule has 7 heteroatoms. The molecule has 3 aromatic rings. The summed E-state index contributed by atoms with van der Waals surface area (Å²) in [5.41, 5.74) is 4.71. The van der Waals surface area contributed by atoms with E-state index in [9.17, 15) is 9.59 Å². The number of hydrogen-bond acceptors (Lipinski definition) is 6. The van der Waals surface area contributed by atoms with E-state index in [1.54, 1.807) is 50.9 Å². The first kappa shape index (κ1) is 22.1. The average Bonchev–Trinajstić information content (AvgIpc) is 3.05. The van der Waals surface area contributed by atoms with Crippen molar-refractivity contribution in [1.29, 1.82) is 0 Å². The second-order valence-corrected chi connectivity index (χ2v) is 7.83. The number of anilines is 1. The molecule has 1 aliphatic heterocycles. The first-order valence-corrected chi connectivity index (χ1v) is 10.5. The Morgan fingerprint density at radius 2 is 1.64 bits per heavy atom. The molecule has 7 nitrogen and oxygen atoms in total. The number of nitrogens with one attached hydrogen (secondary N) is 1. The Bertz CT molecular complexity index is 1230. The highest BCUT2D eigenvalue weighted by Gasteiger charge is 2.39. The fraction of sp³-hybridized carbons (Fsp3) is 0.192. The Balaban J connectivity index is 1.79. The minimum absolute atomic E-state index is 0.131. The molecule has 0 spiro atoms. The molecule has 0 saturated heterocycles. The van der Waals surface area contributed by atoms with Crippen LogP contribution in [0.3, 0.4) is 0 Å². The maximum atomic E-state index is 13.5. The van der Waals surface area contributed by atoms with Crippen molar-refractivity contribution in [3.63, 3.8) is 0 Å². The summed E-state index contributed by atoms with van der Waals surface area (Å²) in [5.74, 6) is 0.367. The Labute approximate surface area is 192 Å². The number of hydrogen-bond donors (Lipinski definition) is 1. The molecule has 0 unspecified atom stereocenters. The fourth-order valence-corrected chi connectivity index (χ4v) is 3.70. The monoisotopic (exact) mass is 443 g/mol. The molecule has 0 atom stereocenters. The molecule has 33 heavy (non-hydrogen) atoms. The topological polar surface area (TPSA) is 80.8 Å². The van der Waals surface area contributed by atoms with Crippen molar-refractivity contribution >= 4 is 23.1 Å². The number of imide groups is 1. The van der Waals surface area contributed by atoms with Gasteiger partial charge in [-0.25, -0.2) is 0 Å². The number of carbonyl (C=O) groups is 2. The minimum Gasteiger partial charge on any atom is -0.497 e. The Hall–Kier alpha value is -4.13. The lowest BCUT2D eigenvalue weighted by Crippen LogP contribution is -2.32. The minimum atomic E-state index is -0.404. The molecule has 168 valence electrons. The summed E-state index contributed by atoms with van der Waals surface area (Å²) in [6.07, 6.45) is 3.30. The highest BCUT2D eigenvalue weighted by atomic mass is 16.5. The quantitative estimate of drug-likeness (QED) is 0.554. The van der Waals surface area contributed by atoms with Gasteiger partial charge in [0, 0.05) is 36.3 Å². The number of aryl methyl sites for hydroxylation is 2. The SMILES string of the molecule is COc1cc(NC2=C(c3ccc(C)c(C)c3)C(=O)N(Cc3cccnc3)C2=O)cc(OC)c1. The largest absolute Gasteiger partial charge is 0.497 e. The number of benzene rings is 2. The molecule has 0 saturated carbocycles. The van der Waals surface area contributed by atoms with Crippen molar-refractivity contribution in [3.05, 3.63) is 88.9 Å². The Kier molecular flexibility index (Phi) is 6.13. The number of carbonyl (C=O) groups excluding carboxylic acids is 2. The van der Waals surface area contributed by atoms with E-state index in [-0.39, 0.29) is 18.1 Å². The zero-order chi connectivity index (χ0) is 23.5. The third-order valence-electron chi connectivity index (χ3n) is 5.65. The Morgan fingerprint density at radius 3 is 2.24 bits per heavy atom. The van der Waals surface area contributed by atoms with Gasteiger partial charge in [-0.05, 0) is 42.2 Å². The number of rotatable bonds is 7. The van der Waals surface area contributed by atoms with Gasteiger partial charge in [-0.15, -0.1) is 0 Å². The smallest absolute Gasteiger partial charge is 0.278 e. The number of amides is 2. The molecule has 4 rings (SSSR count). The summed E-state index contributed by atoms with van der Waals surface area (Å²) in [4.78, 5) is 32.3. The zero-order valence-electron chi connectivity index (χ0n) is 19.0. The van der Waals surface area contributed by atoms with Gasteiger partial charge in [0.15, 0.2) is 0 Å². The van der Waals surface area contributed by atoms with Crippen molar-refractivity contribution in [2.24, 2.45) is 0 Å². The summed E-state index contributed by atoms with van der Waals surface area (Å²) in [6.45, 7) is 4.12. The zero-order valence-corrected chi connectivity index (χ0v) is 19.0. The molecule has 2 aromatic carbocycles. The van der Waals surface area contributed by atoms with Crippen LogP contribution < -0.4 is 14.8 Å². The van der Waals surface area contributed by atoms with Gasteiger partial charge in [0.25, 0.3) is 11.8 Å². The van der Waals surface area contributed by atoms with E-state index in [1.165, 1.54) is 4.90 Å². The molecule has 1 aliphatic rings. The summed E-state index contributed by atoms with van der Waals surface area (Å²) in [5, 5.41) is 3.16. The van der Waals surface area contributed by atoms with E-state index in [0.717, 1.165) is 16.7 Å². The standard InChI is InChI=1S/C26H25N3O4/c1-16-7-8-19(10-17(16)2)23-24(28-20-11-21(32-3)13-22(12-20)33-4)26(31)29(25(23)30)15-18-6-5-9-27-14-18/h5-14,28H,15H2,1-4H3. The second-order valence-electron chi connectivity index (χ2n) is 7.83. The van der Waals surface area contributed by atoms with Crippen molar-refractivity contribution in [2.45, 2.75) is 20.4 Å². The van der Waals surface area contributed by atoms with E-state index in [2.05, 4.69) is 10.3 Å². The van der Waals surface area contributed by atoms with Crippen molar-refractivity contribution in [1.82, 2.24) is 9.88 Å². The lowest BCUT2D eigenvalue weighted by atomic mass is 9.99. The van der Waals surface area contributed by atoms with Gasteiger partial charge in [0.1, 0.15) is 17.2 Å². The van der Waals surface area contributed by atoms with E-state index >= 15 is 0 Å². The third-order valence-corrected chi connectivity index (χ3v) is 5.65. The van der Waals surface area contributed by atoms with Crippen molar-refractivity contribution < 1.29 is 19.1 Å². The predicted octanol–water partition coefficient (Wildman–Crippen LogP) is 4.11. The number of methoxy groups -OCH3 is 2. The van der Waals surface area contributed by atoms with Crippen LogP contribution in [-0.4, -0.2) is 35.9 Å². The van der Waals surface area contributed by atoms with Crippen molar-refractivity contribution in [2.75, 3.05) is 19.5 Å². The van der Waals surface area contributed by atoms with Gasteiger partial charge in [0.05, 0.1) is 26.3 Å². The normalized spacial score (nSPS) is 13.5. The number of nitrogens with zero attached hydrogens (tertiary/aromatic N) is 2. The van der Waals surface area contributed by atoms with Gasteiger partial charge >= 0.3 is 0 Å². The van der Waals surface area contributed by atoms with Crippen LogP contribution in [0.4, 0.5) is 5.69 Å². The summed E-state index contributed by atoms with van der Waals surface area (Å²) in [7, 11) is 3.11. The van der Waals surface area contributed by atoms with Gasteiger partial charge < -0.3 is 14.8 Å². The Morgan fingerprint density at radius 1 is 0.909 bits per heavy atom. The molecule has 0 radical (unpaired) electrons. The van der Waals surface area contributed by atoms with Crippen molar-refractivity contribution in [3.8, 4) is 11.5 Å². The highest BCUT2D eigenvalue weighted by Crippen LogP contribution is 2.34. The van der Waals surface area contributed by atoms with Crippen LogP contribution in [-0.2, 0) is 16.1 Å². The van der Waals surface area contributed by atoms with Crippen LogP contribution in [0.5, 0.6) is 11.5 Å². The molecule has 0 bridgehead atoms. The lowest BCUT2D eigenvalue weighted by molar-refractivity contribution is -0.137. The number of pyridine rings is 1. The van der Waals surface area contributed by atoms with Gasteiger partial charge in [0.2, 0.25) is 0 Å². The molecular formula is C26H25N3O4. The lowest BCUT2D eigenvalue weighted by Gasteiger charge is -2.15. The third kappa shape index (κ3) is 4.43. The fourth-order valence-electron chi connectivity index (χ4n) is 3.70. The summed E-state index contributed by atoms with van der Waals surface area (Å²) in [6, 6.07) is 14.6. The van der Waals surface area contributed by atoms with E-state index in [1.807, 2.05) is 38.1 Å². The molecular weight excluding hydrogens is 418 g/mol. The van der Waals surface area contributed by atoms with Crippen LogP contribution in [0.1, 0.15) is 22.3 Å². The molecule has 2 amide bonds. The highest BCUT2D eigenvalue weighted by molar-refractivity contribution is 6.36. The van der Waals surface area contributed by atoms with Crippen LogP contribution >= 0.6 is 0 Å². The average molecular weight is 444 g/mol. The summed E-state index contributed by atoms with van der Waals surface area (Å²) >= 11 is 0. The van der Waals surface area contributed by atoms with Gasteiger partial charge in [-0.1, -0.05) is 24.3 Å². The van der Waals surface area contributed by atoms with E-state index in [4.69, 9.17) is 9.47 Å². The van der Waals surface area contributed by atoms with Crippen LogP contribution in [0, 0.1) is 13.8 Å². The van der Waals surface area contributed by atoms with E-state index < -0.39 is 5.91 Å². The first-order chi connectivity index (χ1) is 15.9. The van der Waals surface area contributed by atoms with E-state index in [0.29, 0.717) is 28.3 Å². The molecule has 2 heterocycles. The molecule has 1 N–H and O–H groups in total. The van der Waals surface area contributed by atoms with Gasteiger partial charge in [-0.2, -0.15) is 0 Å². The molecule has 1 aromatic heterocycles. The van der Waals surface area contributed by atoms with Gasteiger partial charge in [-0.3, -0.25) is 19.5 Å². The number of ether oxygens (including phenoxy) is 2. The predicted molar refractivity (Wildman–Crippen MR) is 126 cm³/mol. The molecule has 0 fully saturated rings. The summed E-state index contributed by atoms with van der Waals surface area (Å²) < 4.78 is 10.7. The number of aromatic nitrogens is 1.